The number of pyridine rings is 1. The molecule has 4 nitrogen and oxygen atoms in total. The van der Waals surface area contributed by atoms with Gasteiger partial charge in [-0.2, -0.15) is 0 Å². The molecule has 102 valence electrons. The number of aliphatic hydroxyl groups excluding tert-OH is 1. The lowest BCUT2D eigenvalue weighted by molar-refractivity contribution is 0.0486. The molecule has 2 unspecified atom stereocenters. The summed E-state index contributed by atoms with van der Waals surface area (Å²) in [6, 6.07) is 2.83. The van der Waals surface area contributed by atoms with Crippen LogP contribution in [0, 0.1) is 0 Å². The van der Waals surface area contributed by atoms with Crippen LogP contribution in [-0.4, -0.2) is 47.2 Å². The fourth-order valence-corrected chi connectivity index (χ4v) is 2.05. The molecule has 0 radical (unpaired) electrons. The molecule has 1 aromatic heterocycles. The monoisotopic (exact) mass is 259 g/mol. The lowest BCUT2D eigenvalue weighted by atomic mass is 10.0. The fraction of sp³-hybridized carbons (Fsp3) is 0.583. The highest BCUT2D eigenvalue weighted by Crippen LogP contribution is 2.23. The highest BCUT2D eigenvalue weighted by molar-refractivity contribution is 5.16. The van der Waals surface area contributed by atoms with E-state index in [0.717, 1.165) is 5.56 Å². The molecule has 18 heavy (non-hydrogen) atoms. The highest BCUT2D eigenvalue weighted by atomic mass is 19.3. The molecular weight excluding hydrogens is 240 g/mol. The van der Waals surface area contributed by atoms with Gasteiger partial charge in [0.15, 0.2) is 0 Å². The van der Waals surface area contributed by atoms with Crippen molar-refractivity contribution in [1.82, 2.24) is 9.88 Å². The first-order valence-corrected chi connectivity index (χ1v) is 5.84. The maximum absolute atomic E-state index is 12.6. The van der Waals surface area contributed by atoms with Crippen LogP contribution in [-0.2, 0) is 0 Å². The van der Waals surface area contributed by atoms with Crippen molar-refractivity contribution in [1.29, 1.82) is 0 Å². The van der Waals surface area contributed by atoms with Crippen molar-refractivity contribution in [2.24, 2.45) is 5.73 Å². The molecule has 6 heteroatoms. The summed E-state index contributed by atoms with van der Waals surface area (Å²) in [4.78, 5) is 5.47. The number of aliphatic hydroxyl groups is 1. The van der Waals surface area contributed by atoms with Crippen LogP contribution in [0.1, 0.15) is 18.5 Å². The number of nitrogens with two attached hydrogens (primary N) is 1. The van der Waals surface area contributed by atoms with Gasteiger partial charge >= 0.3 is 0 Å². The molecule has 0 aliphatic carbocycles. The minimum atomic E-state index is -2.46. The average Bonchev–Trinajstić information content (AvgIpc) is 2.29. The number of nitrogens with zero attached hydrogens (tertiary/aromatic N) is 2. The van der Waals surface area contributed by atoms with E-state index in [0.29, 0.717) is 0 Å². The third-order valence-electron chi connectivity index (χ3n) is 2.68. The van der Waals surface area contributed by atoms with E-state index in [1.807, 2.05) is 0 Å². The van der Waals surface area contributed by atoms with Crippen LogP contribution in [0.5, 0.6) is 0 Å². The van der Waals surface area contributed by atoms with Crippen molar-refractivity contribution in [2.45, 2.75) is 25.4 Å². The molecule has 0 spiro atoms. The van der Waals surface area contributed by atoms with Crippen LogP contribution in [0.25, 0.3) is 0 Å². The molecule has 0 amide bonds. The van der Waals surface area contributed by atoms with Gasteiger partial charge in [-0.25, -0.2) is 8.78 Å². The van der Waals surface area contributed by atoms with E-state index >= 15 is 0 Å². The number of halogens is 2. The molecule has 1 rings (SSSR count). The van der Waals surface area contributed by atoms with Crippen molar-refractivity contribution in [2.75, 3.05) is 19.7 Å². The lowest BCUT2D eigenvalue weighted by Crippen LogP contribution is -2.43. The van der Waals surface area contributed by atoms with Gasteiger partial charge in [-0.1, -0.05) is 6.07 Å². The Morgan fingerprint density at radius 3 is 2.67 bits per heavy atom. The topological polar surface area (TPSA) is 62.4 Å². The van der Waals surface area contributed by atoms with Crippen LogP contribution in [0.4, 0.5) is 8.78 Å². The van der Waals surface area contributed by atoms with Crippen molar-refractivity contribution in [3.8, 4) is 0 Å². The largest absolute Gasteiger partial charge is 0.395 e. The first kappa shape index (κ1) is 14.9. The standard InChI is InChI=1S/C12H19F2N3O/c1-9(15)12(10-3-2-4-16-7-10)17(5-6-18)8-11(13)14/h2-4,7,9,11-12,18H,5-6,8,15H2,1H3. The van der Waals surface area contributed by atoms with Crippen LogP contribution >= 0.6 is 0 Å². The smallest absolute Gasteiger partial charge is 0.251 e. The highest BCUT2D eigenvalue weighted by Gasteiger charge is 2.26. The molecule has 0 bridgehead atoms. The Kier molecular flexibility index (Phi) is 6.11. The van der Waals surface area contributed by atoms with E-state index in [9.17, 15) is 8.78 Å². The van der Waals surface area contributed by atoms with E-state index in [1.54, 1.807) is 31.5 Å². The van der Waals surface area contributed by atoms with Crippen LogP contribution < -0.4 is 5.73 Å². The third-order valence-corrected chi connectivity index (χ3v) is 2.68. The van der Waals surface area contributed by atoms with E-state index in [-0.39, 0.29) is 25.2 Å². The number of rotatable bonds is 7. The second-order valence-corrected chi connectivity index (χ2v) is 4.20. The summed E-state index contributed by atoms with van der Waals surface area (Å²) in [5.74, 6) is 0. The van der Waals surface area contributed by atoms with Gasteiger partial charge < -0.3 is 10.8 Å². The zero-order valence-electron chi connectivity index (χ0n) is 10.3. The Morgan fingerprint density at radius 2 is 2.22 bits per heavy atom. The summed E-state index contributed by atoms with van der Waals surface area (Å²) >= 11 is 0. The predicted molar refractivity (Wildman–Crippen MR) is 65.3 cm³/mol. The Labute approximate surface area is 105 Å². The molecule has 0 aliphatic heterocycles. The minimum Gasteiger partial charge on any atom is -0.395 e. The molecule has 0 aliphatic rings. The second kappa shape index (κ2) is 7.35. The molecule has 1 aromatic rings. The van der Waals surface area contributed by atoms with Gasteiger partial charge in [0.1, 0.15) is 0 Å². The van der Waals surface area contributed by atoms with Crippen molar-refractivity contribution in [3.63, 3.8) is 0 Å². The maximum Gasteiger partial charge on any atom is 0.251 e. The zero-order valence-corrected chi connectivity index (χ0v) is 10.3. The SMILES string of the molecule is CC(N)C(c1cccnc1)N(CCO)CC(F)F. The summed E-state index contributed by atoms with van der Waals surface area (Å²) < 4.78 is 25.1. The Morgan fingerprint density at radius 1 is 1.50 bits per heavy atom. The van der Waals surface area contributed by atoms with Crippen molar-refractivity contribution >= 4 is 0 Å². The van der Waals surface area contributed by atoms with Crippen LogP contribution in [0.3, 0.4) is 0 Å². The van der Waals surface area contributed by atoms with E-state index in [2.05, 4.69) is 4.98 Å². The van der Waals surface area contributed by atoms with Gasteiger partial charge in [0, 0.05) is 25.0 Å². The quantitative estimate of drug-likeness (QED) is 0.767. The van der Waals surface area contributed by atoms with Gasteiger partial charge in [-0.15, -0.1) is 0 Å². The molecule has 1 heterocycles. The molecule has 0 aromatic carbocycles. The number of hydrogen-bond acceptors (Lipinski definition) is 4. The molecule has 0 saturated heterocycles. The number of alkyl halides is 2. The van der Waals surface area contributed by atoms with Gasteiger partial charge in [-0.3, -0.25) is 9.88 Å². The summed E-state index contributed by atoms with van der Waals surface area (Å²) in [6.45, 7) is 1.32. The zero-order chi connectivity index (χ0) is 13.5. The average molecular weight is 259 g/mol. The van der Waals surface area contributed by atoms with Crippen LogP contribution in [0.15, 0.2) is 24.5 Å². The predicted octanol–water partition coefficient (Wildman–Crippen LogP) is 1.03. The van der Waals surface area contributed by atoms with E-state index < -0.39 is 13.0 Å². The summed E-state index contributed by atoms with van der Waals surface area (Å²) in [6.07, 6.45) is 0.768. The minimum absolute atomic E-state index is 0.158. The summed E-state index contributed by atoms with van der Waals surface area (Å²) in [7, 11) is 0. The molecule has 2 atom stereocenters. The van der Waals surface area contributed by atoms with Crippen LogP contribution in [0.2, 0.25) is 0 Å². The number of aromatic nitrogens is 1. The van der Waals surface area contributed by atoms with Gasteiger partial charge in [-0.05, 0) is 18.6 Å². The number of hydrogen-bond donors (Lipinski definition) is 2. The summed E-state index contributed by atoms with van der Waals surface area (Å²) in [5, 5.41) is 8.98. The fourth-order valence-electron chi connectivity index (χ4n) is 2.05. The Hall–Kier alpha value is -1.11. The normalized spacial score (nSPS) is 15.1. The first-order valence-electron chi connectivity index (χ1n) is 5.84. The summed E-state index contributed by atoms with van der Waals surface area (Å²) in [5.41, 5.74) is 6.66. The Bertz CT molecular complexity index is 335. The van der Waals surface area contributed by atoms with E-state index in [1.165, 1.54) is 4.90 Å². The van der Waals surface area contributed by atoms with Gasteiger partial charge in [0.2, 0.25) is 0 Å². The van der Waals surface area contributed by atoms with Gasteiger partial charge in [0.05, 0.1) is 19.2 Å². The first-order chi connectivity index (χ1) is 8.56. The molecule has 3 N–H and O–H groups in total. The van der Waals surface area contributed by atoms with Crippen molar-refractivity contribution in [3.05, 3.63) is 30.1 Å². The molecular formula is C12H19F2N3O. The van der Waals surface area contributed by atoms with Crippen molar-refractivity contribution < 1.29 is 13.9 Å². The molecule has 0 saturated carbocycles. The third kappa shape index (κ3) is 4.29. The molecule has 0 fully saturated rings. The Balaban J connectivity index is 2.93. The van der Waals surface area contributed by atoms with Gasteiger partial charge in [0.25, 0.3) is 6.43 Å². The lowest BCUT2D eigenvalue weighted by Gasteiger charge is -2.33. The van der Waals surface area contributed by atoms with E-state index in [4.69, 9.17) is 10.8 Å². The second-order valence-electron chi connectivity index (χ2n) is 4.20. The maximum atomic E-state index is 12.6.